The van der Waals surface area contributed by atoms with Crippen LogP contribution in [0.2, 0.25) is 0 Å². The highest BCUT2D eigenvalue weighted by Crippen LogP contribution is 2.26. The summed E-state index contributed by atoms with van der Waals surface area (Å²) in [6.45, 7) is 5.61. The van der Waals surface area contributed by atoms with E-state index in [1.54, 1.807) is 0 Å². The molecule has 0 fully saturated rings. The second-order valence-corrected chi connectivity index (χ2v) is 6.11. The van der Waals surface area contributed by atoms with E-state index in [-0.39, 0.29) is 5.91 Å². The predicted molar refractivity (Wildman–Crippen MR) is 92.5 cm³/mol. The average molecular weight is 329 g/mol. The van der Waals surface area contributed by atoms with Gasteiger partial charge in [-0.15, -0.1) is 10.2 Å². The van der Waals surface area contributed by atoms with Gasteiger partial charge in [-0.1, -0.05) is 36.9 Å². The zero-order chi connectivity index (χ0) is 16.2. The zero-order valence-electron chi connectivity index (χ0n) is 13.2. The molecule has 0 aliphatic carbocycles. The highest BCUT2D eigenvalue weighted by atomic mass is 32.2. The number of fused-ring (bicyclic) bond motifs is 3. The van der Waals surface area contributed by atoms with Crippen molar-refractivity contribution in [3.8, 4) is 0 Å². The van der Waals surface area contributed by atoms with Gasteiger partial charge in [-0.25, -0.2) is 4.98 Å². The predicted octanol–water partition coefficient (Wildman–Crippen LogP) is 2.62. The molecule has 0 bridgehead atoms. The molecule has 3 aromatic rings. The SMILES string of the molecule is CCCNC(=O)CSc1nnc2c3ccccc3n(CC)c2n1. The lowest BCUT2D eigenvalue weighted by atomic mass is 10.2. The van der Waals surface area contributed by atoms with E-state index in [0.29, 0.717) is 17.5 Å². The lowest BCUT2D eigenvalue weighted by Crippen LogP contribution is -2.25. The average Bonchev–Trinajstić information content (AvgIpc) is 2.91. The summed E-state index contributed by atoms with van der Waals surface area (Å²) in [6, 6.07) is 8.09. The van der Waals surface area contributed by atoms with Crippen LogP contribution in [-0.2, 0) is 11.3 Å². The number of carbonyl (C=O) groups is 1. The largest absolute Gasteiger partial charge is 0.355 e. The number of aryl methyl sites for hydroxylation is 1. The number of rotatable bonds is 6. The molecule has 6 nitrogen and oxygen atoms in total. The molecule has 0 saturated heterocycles. The molecule has 1 aromatic carbocycles. The monoisotopic (exact) mass is 329 g/mol. The fourth-order valence-electron chi connectivity index (χ4n) is 2.52. The van der Waals surface area contributed by atoms with Crippen molar-refractivity contribution in [1.29, 1.82) is 0 Å². The van der Waals surface area contributed by atoms with Crippen LogP contribution in [0.5, 0.6) is 0 Å². The molecule has 0 atom stereocenters. The molecule has 23 heavy (non-hydrogen) atoms. The number of hydrogen-bond acceptors (Lipinski definition) is 5. The molecular formula is C16H19N5OS. The standard InChI is InChI=1S/C16H19N5OS/c1-3-9-17-13(22)10-23-16-18-15-14(19-20-16)11-7-5-6-8-12(11)21(15)4-2/h5-8H,3-4,9-10H2,1-2H3,(H,17,22). The Morgan fingerprint density at radius 1 is 1.26 bits per heavy atom. The van der Waals surface area contributed by atoms with Gasteiger partial charge in [0.2, 0.25) is 11.1 Å². The van der Waals surface area contributed by atoms with Crippen molar-refractivity contribution in [3.63, 3.8) is 0 Å². The van der Waals surface area contributed by atoms with Gasteiger partial charge in [-0.05, 0) is 19.4 Å². The third-order valence-electron chi connectivity index (χ3n) is 3.58. The van der Waals surface area contributed by atoms with Crippen molar-refractivity contribution in [2.24, 2.45) is 0 Å². The van der Waals surface area contributed by atoms with Gasteiger partial charge >= 0.3 is 0 Å². The van der Waals surface area contributed by atoms with Crippen molar-refractivity contribution < 1.29 is 4.79 Å². The van der Waals surface area contributed by atoms with Gasteiger partial charge in [0.1, 0.15) is 5.52 Å². The van der Waals surface area contributed by atoms with Gasteiger partial charge in [0.05, 0.1) is 11.3 Å². The Bertz CT molecular complexity index is 845. The fraction of sp³-hybridized carbons (Fsp3) is 0.375. The number of hydrogen-bond donors (Lipinski definition) is 1. The lowest BCUT2D eigenvalue weighted by molar-refractivity contribution is -0.118. The molecule has 1 amide bonds. The summed E-state index contributed by atoms with van der Waals surface area (Å²) in [7, 11) is 0. The van der Waals surface area contributed by atoms with Gasteiger partial charge < -0.3 is 9.88 Å². The first-order chi connectivity index (χ1) is 11.2. The highest BCUT2D eigenvalue weighted by Gasteiger charge is 2.14. The molecule has 0 aliphatic rings. The summed E-state index contributed by atoms with van der Waals surface area (Å²) in [4.78, 5) is 16.3. The smallest absolute Gasteiger partial charge is 0.230 e. The van der Waals surface area contributed by atoms with Crippen LogP contribution in [0.25, 0.3) is 22.1 Å². The Labute approximate surface area is 138 Å². The molecule has 1 N–H and O–H groups in total. The van der Waals surface area contributed by atoms with Crippen LogP contribution in [0.1, 0.15) is 20.3 Å². The van der Waals surface area contributed by atoms with E-state index in [2.05, 4.69) is 38.1 Å². The van der Waals surface area contributed by atoms with E-state index < -0.39 is 0 Å². The minimum absolute atomic E-state index is 0.00316. The lowest BCUT2D eigenvalue weighted by Gasteiger charge is -2.03. The number of aromatic nitrogens is 4. The van der Waals surface area contributed by atoms with Gasteiger partial charge in [0.15, 0.2) is 5.65 Å². The van der Waals surface area contributed by atoms with Crippen LogP contribution in [-0.4, -0.2) is 38.0 Å². The topological polar surface area (TPSA) is 72.7 Å². The van der Waals surface area contributed by atoms with E-state index in [0.717, 1.165) is 35.0 Å². The second kappa shape index (κ2) is 6.95. The first kappa shape index (κ1) is 15.7. The fourth-order valence-corrected chi connectivity index (χ4v) is 3.13. The number of amides is 1. The van der Waals surface area contributed by atoms with Gasteiger partial charge in [0, 0.05) is 18.5 Å². The molecule has 0 spiro atoms. The molecule has 2 heterocycles. The maximum Gasteiger partial charge on any atom is 0.230 e. The number of nitrogens with one attached hydrogen (secondary N) is 1. The van der Waals surface area contributed by atoms with Crippen molar-refractivity contribution in [3.05, 3.63) is 24.3 Å². The third-order valence-corrected chi connectivity index (χ3v) is 4.41. The van der Waals surface area contributed by atoms with Crippen LogP contribution in [0.15, 0.2) is 29.4 Å². The minimum atomic E-state index is -0.00316. The highest BCUT2D eigenvalue weighted by molar-refractivity contribution is 7.99. The first-order valence-electron chi connectivity index (χ1n) is 7.75. The molecular weight excluding hydrogens is 310 g/mol. The Morgan fingerprint density at radius 2 is 2.09 bits per heavy atom. The zero-order valence-corrected chi connectivity index (χ0v) is 14.1. The van der Waals surface area contributed by atoms with Crippen LogP contribution in [0.3, 0.4) is 0 Å². The van der Waals surface area contributed by atoms with Gasteiger partial charge in [-0.3, -0.25) is 4.79 Å². The second-order valence-electron chi connectivity index (χ2n) is 5.17. The maximum atomic E-state index is 11.7. The molecule has 0 unspecified atom stereocenters. The van der Waals surface area contributed by atoms with Gasteiger partial charge in [-0.2, -0.15) is 0 Å². The molecule has 0 saturated carbocycles. The van der Waals surface area contributed by atoms with E-state index in [4.69, 9.17) is 0 Å². The number of para-hydroxylation sites is 1. The quantitative estimate of drug-likeness (QED) is 0.704. The van der Waals surface area contributed by atoms with Crippen molar-refractivity contribution in [2.75, 3.05) is 12.3 Å². The minimum Gasteiger partial charge on any atom is -0.355 e. The summed E-state index contributed by atoms with van der Waals surface area (Å²) in [6.07, 6.45) is 0.928. The van der Waals surface area contributed by atoms with Crippen molar-refractivity contribution in [1.82, 2.24) is 25.1 Å². The summed E-state index contributed by atoms with van der Waals surface area (Å²) in [5.74, 6) is 0.302. The third kappa shape index (κ3) is 3.14. The molecule has 3 rings (SSSR count). The molecule has 0 aliphatic heterocycles. The number of thioether (sulfide) groups is 1. The van der Waals surface area contributed by atoms with Crippen LogP contribution in [0, 0.1) is 0 Å². The molecule has 0 radical (unpaired) electrons. The van der Waals surface area contributed by atoms with Crippen LogP contribution in [0.4, 0.5) is 0 Å². The van der Waals surface area contributed by atoms with Crippen molar-refractivity contribution in [2.45, 2.75) is 32.0 Å². The Hall–Kier alpha value is -2.15. The number of benzene rings is 1. The Balaban J connectivity index is 1.89. The summed E-state index contributed by atoms with van der Waals surface area (Å²) in [5.41, 5.74) is 2.73. The summed E-state index contributed by atoms with van der Waals surface area (Å²) in [5, 5.41) is 12.9. The molecule has 7 heteroatoms. The summed E-state index contributed by atoms with van der Waals surface area (Å²) >= 11 is 1.31. The van der Waals surface area contributed by atoms with Crippen LogP contribution < -0.4 is 5.32 Å². The Kier molecular flexibility index (Phi) is 4.76. The number of nitrogens with zero attached hydrogens (tertiary/aromatic N) is 4. The Morgan fingerprint density at radius 3 is 2.87 bits per heavy atom. The molecule has 120 valence electrons. The molecule has 2 aromatic heterocycles. The number of carbonyl (C=O) groups excluding carboxylic acids is 1. The van der Waals surface area contributed by atoms with E-state index in [1.807, 2.05) is 25.1 Å². The van der Waals surface area contributed by atoms with Crippen LogP contribution >= 0.6 is 11.8 Å². The van der Waals surface area contributed by atoms with E-state index in [9.17, 15) is 4.79 Å². The first-order valence-corrected chi connectivity index (χ1v) is 8.74. The van der Waals surface area contributed by atoms with E-state index in [1.165, 1.54) is 11.8 Å². The van der Waals surface area contributed by atoms with Crippen molar-refractivity contribution >= 4 is 39.7 Å². The summed E-state index contributed by atoms with van der Waals surface area (Å²) < 4.78 is 2.13. The normalized spacial score (nSPS) is 11.2. The van der Waals surface area contributed by atoms with E-state index >= 15 is 0 Å². The maximum absolute atomic E-state index is 11.7. The van der Waals surface area contributed by atoms with Gasteiger partial charge in [0.25, 0.3) is 0 Å².